The molecule has 0 saturated carbocycles. The Balaban J connectivity index is 1.87. The van der Waals surface area contributed by atoms with Crippen LogP contribution < -0.4 is 5.01 Å². The molecule has 0 bridgehead atoms. The third-order valence-electron chi connectivity index (χ3n) is 3.98. The number of aromatic nitrogens is 1. The summed E-state index contributed by atoms with van der Waals surface area (Å²) in [6, 6.07) is 18.3. The maximum atomic E-state index is 13.1. The minimum atomic E-state index is -4.55. The summed E-state index contributed by atoms with van der Waals surface area (Å²) in [6.45, 7) is 0. The van der Waals surface area contributed by atoms with Gasteiger partial charge in [-0.3, -0.25) is 4.79 Å². The number of nitriles is 1. The number of halogens is 3. The summed E-state index contributed by atoms with van der Waals surface area (Å²) in [5.41, 5.74) is 0.185. The van der Waals surface area contributed by atoms with E-state index in [4.69, 9.17) is 5.26 Å². The van der Waals surface area contributed by atoms with Gasteiger partial charge in [-0.2, -0.15) is 23.5 Å². The van der Waals surface area contributed by atoms with Gasteiger partial charge in [-0.05, 0) is 35.9 Å². The molecule has 0 atom stereocenters. The molecule has 0 aliphatic carbocycles. The van der Waals surface area contributed by atoms with Gasteiger partial charge in [-0.1, -0.05) is 48.2 Å². The van der Waals surface area contributed by atoms with Crippen molar-refractivity contribution in [3.63, 3.8) is 0 Å². The van der Waals surface area contributed by atoms with Crippen LogP contribution in [0.3, 0.4) is 0 Å². The Bertz CT molecular complexity index is 1130. The summed E-state index contributed by atoms with van der Waals surface area (Å²) in [6.07, 6.45) is -1.70. The summed E-state index contributed by atoms with van der Waals surface area (Å²) < 4.78 is 39.4. The van der Waals surface area contributed by atoms with Gasteiger partial charge in [0.05, 0.1) is 39.9 Å². The fourth-order valence-corrected chi connectivity index (χ4v) is 3.25. The van der Waals surface area contributed by atoms with E-state index in [1.807, 2.05) is 12.1 Å². The molecule has 5 nitrogen and oxygen atoms in total. The van der Waals surface area contributed by atoms with Crippen molar-refractivity contribution >= 4 is 29.6 Å². The lowest BCUT2D eigenvalue weighted by Crippen LogP contribution is -2.27. The van der Waals surface area contributed by atoms with Gasteiger partial charge in [0.1, 0.15) is 0 Å². The highest BCUT2D eigenvalue weighted by atomic mass is 32.2. The minimum absolute atomic E-state index is 0.00802. The van der Waals surface area contributed by atoms with E-state index in [1.165, 1.54) is 36.7 Å². The Hall–Kier alpha value is -3.64. The highest BCUT2D eigenvalue weighted by Gasteiger charge is 2.31. The van der Waals surface area contributed by atoms with Crippen LogP contribution in [-0.2, 0) is 11.0 Å². The van der Waals surface area contributed by atoms with Gasteiger partial charge >= 0.3 is 6.18 Å². The topological polar surface area (TPSA) is 69.3 Å². The number of rotatable bonds is 6. The van der Waals surface area contributed by atoms with Crippen LogP contribution in [0.2, 0.25) is 0 Å². The second kappa shape index (κ2) is 9.91. The number of carbonyl (C=O) groups is 1. The van der Waals surface area contributed by atoms with Gasteiger partial charge in [0.25, 0.3) is 5.91 Å². The average molecular weight is 440 g/mol. The highest BCUT2D eigenvalue weighted by molar-refractivity contribution is 7.99. The van der Waals surface area contributed by atoms with Crippen molar-refractivity contribution in [2.45, 2.75) is 11.2 Å². The summed E-state index contributed by atoms with van der Waals surface area (Å²) in [7, 11) is 0. The summed E-state index contributed by atoms with van der Waals surface area (Å²) in [5.74, 6) is -0.676. The molecule has 0 saturated heterocycles. The Morgan fingerprint density at radius 1 is 1.13 bits per heavy atom. The molecule has 3 rings (SSSR count). The quantitative estimate of drug-likeness (QED) is 0.303. The third-order valence-corrected chi connectivity index (χ3v) is 4.89. The van der Waals surface area contributed by atoms with E-state index in [2.05, 4.69) is 10.1 Å². The first-order valence-corrected chi connectivity index (χ1v) is 9.93. The minimum Gasteiger partial charge on any atom is -0.272 e. The van der Waals surface area contributed by atoms with E-state index in [1.54, 1.807) is 24.3 Å². The Morgan fingerprint density at radius 2 is 1.90 bits per heavy atom. The van der Waals surface area contributed by atoms with Gasteiger partial charge in [-0.15, -0.1) is 0 Å². The molecule has 1 heterocycles. The lowest BCUT2D eigenvalue weighted by Gasteiger charge is -2.18. The summed E-state index contributed by atoms with van der Waals surface area (Å²) in [4.78, 5) is 17.0. The van der Waals surface area contributed by atoms with Crippen LogP contribution in [0.25, 0.3) is 0 Å². The van der Waals surface area contributed by atoms with E-state index >= 15 is 0 Å². The van der Waals surface area contributed by atoms with E-state index in [-0.39, 0.29) is 11.4 Å². The molecule has 0 spiro atoms. The van der Waals surface area contributed by atoms with Crippen molar-refractivity contribution in [3.8, 4) is 6.07 Å². The maximum Gasteiger partial charge on any atom is 0.416 e. The smallest absolute Gasteiger partial charge is 0.272 e. The maximum absolute atomic E-state index is 13.1. The molecule has 0 aliphatic heterocycles. The van der Waals surface area contributed by atoms with E-state index in [0.29, 0.717) is 16.2 Å². The molecular weight excluding hydrogens is 425 g/mol. The van der Waals surface area contributed by atoms with Crippen LogP contribution in [0.1, 0.15) is 16.7 Å². The zero-order chi connectivity index (χ0) is 22.3. The van der Waals surface area contributed by atoms with Crippen molar-refractivity contribution in [1.82, 2.24) is 4.98 Å². The predicted molar refractivity (Wildman–Crippen MR) is 113 cm³/mol. The normalized spacial score (nSPS) is 11.3. The van der Waals surface area contributed by atoms with Crippen molar-refractivity contribution in [1.29, 1.82) is 5.26 Å². The van der Waals surface area contributed by atoms with Gasteiger partial charge in [0.2, 0.25) is 0 Å². The fraction of sp³-hybridized carbons (Fsp3) is 0.0909. The standard InChI is InChI=1S/C22H15F3N4OS/c23-22(24,25)18-7-4-8-19(12-18)29(28-14-16-5-2-1-3-6-16)21(30)15-31-20-11-17(13-26)9-10-27-20/h1-12,14H,15H2. The molecule has 0 unspecified atom stereocenters. The lowest BCUT2D eigenvalue weighted by atomic mass is 10.2. The molecule has 9 heteroatoms. The van der Waals surface area contributed by atoms with Crippen molar-refractivity contribution in [2.24, 2.45) is 5.10 Å². The Kier molecular flexibility index (Phi) is 7.05. The number of carbonyl (C=O) groups excluding carboxylic acids is 1. The highest BCUT2D eigenvalue weighted by Crippen LogP contribution is 2.32. The number of hydrogen-bond acceptors (Lipinski definition) is 5. The van der Waals surface area contributed by atoms with E-state index in [0.717, 1.165) is 28.9 Å². The van der Waals surface area contributed by atoms with Crippen molar-refractivity contribution in [3.05, 3.63) is 89.6 Å². The number of hydrazone groups is 1. The van der Waals surface area contributed by atoms with Gasteiger partial charge in [0, 0.05) is 6.20 Å². The number of alkyl halides is 3. The Morgan fingerprint density at radius 3 is 2.61 bits per heavy atom. The Labute approximate surface area is 180 Å². The van der Waals surface area contributed by atoms with Crippen molar-refractivity contribution < 1.29 is 18.0 Å². The molecule has 0 N–H and O–H groups in total. The van der Waals surface area contributed by atoms with Crippen LogP contribution in [0.4, 0.5) is 18.9 Å². The van der Waals surface area contributed by atoms with Gasteiger partial charge in [-0.25, -0.2) is 9.99 Å². The molecule has 31 heavy (non-hydrogen) atoms. The third kappa shape index (κ3) is 6.17. The van der Waals surface area contributed by atoms with Crippen LogP contribution in [0.15, 0.2) is 83.1 Å². The predicted octanol–water partition coefficient (Wildman–Crippen LogP) is 5.13. The number of thioether (sulfide) groups is 1. The second-order valence-electron chi connectivity index (χ2n) is 6.19. The van der Waals surface area contributed by atoms with Crippen molar-refractivity contribution in [2.75, 3.05) is 10.8 Å². The molecule has 2 aromatic carbocycles. The first-order valence-electron chi connectivity index (χ1n) is 8.95. The number of nitrogens with zero attached hydrogens (tertiary/aromatic N) is 4. The summed E-state index contributed by atoms with van der Waals surface area (Å²) in [5, 5.41) is 14.5. The molecule has 0 radical (unpaired) electrons. The SMILES string of the molecule is N#Cc1ccnc(SCC(=O)N(N=Cc2ccccc2)c2cccc(C(F)(F)F)c2)c1. The molecule has 156 valence electrons. The first kappa shape index (κ1) is 22.1. The van der Waals surface area contributed by atoms with Crippen LogP contribution in [0.5, 0.6) is 0 Å². The monoisotopic (exact) mass is 440 g/mol. The molecule has 1 aromatic heterocycles. The van der Waals surface area contributed by atoms with E-state index < -0.39 is 17.6 Å². The molecule has 1 amide bonds. The van der Waals surface area contributed by atoms with Gasteiger partial charge in [0.15, 0.2) is 0 Å². The fourth-order valence-electron chi connectivity index (χ4n) is 2.51. The number of pyridine rings is 1. The molecule has 0 fully saturated rings. The van der Waals surface area contributed by atoms with Crippen LogP contribution in [-0.4, -0.2) is 22.9 Å². The lowest BCUT2D eigenvalue weighted by molar-refractivity contribution is -0.137. The number of amides is 1. The van der Waals surface area contributed by atoms with Crippen LogP contribution in [0, 0.1) is 11.3 Å². The number of benzene rings is 2. The first-order chi connectivity index (χ1) is 14.9. The molecule has 0 aliphatic rings. The summed E-state index contributed by atoms with van der Waals surface area (Å²) >= 11 is 1.06. The molecule has 3 aromatic rings. The van der Waals surface area contributed by atoms with Crippen LogP contribution >= 0.6 is 11.8 Å². The second-order valence-corrected chi connectivity index (χ2v) is 7.19. The largest absolute Gasteiger partial charge is 0.416 e. The average Bonchev–Trinajstić information content (AvgIpc) is 2.78. The number of anilines is 1. The molecular formula is C22H15F3N4OS. The zero-order valence-electron chi connectivity index (χ0n) is 16.0. The number of hydrogen-bond donors (Lipinski definition) is 0. The van der Waals surface area contributed by atoms with Gasteiger partial charge < -0.3 is 0 Å². The zero-order valence-corrected chi connectivity index (χ0v) is 16.8. The van der Waals surface area contributed by atoms with E-state index in [9.17, 15) is 18.0 Å².